The van der Waals surface area contributed by atoms with Crippen LogP contribution >= 0.6 is 0 Å². The molecule has 0 radical (unpaired) electrons. The molecule has 0 aliphatic rings. The lowest BCUT2D eigenvalue weighted by Gasteiger charge is -2.05. The van der Waals surface area contributed by atoms with E-state index in [0.717, 1.165) is 12.4 Å². The first-order valence-electron chi connectivity index (χ1n) is 2.90. The predicted octanol–water partition coefficient (Wildman–Crippen LogP) is 0.781. The van der Waals surface area contributed by atoms with Crippen LogP contribution in [0.3, 0.4) is 0 Å². The first kappa shape index (κ1) is 8.72. The van der Waals surface area contributed by atoms with E-state index in [2.05, 4.69) is 9.97 Å². The summed E-state index contributed by atoms with van der Waals surface area (Å²) in [5.74, 6) is 4.78. The van der Waals surface area contributed by atoms with Crippen LogP contribution in [0.2, 0.25) is 0 Å². The number of nitrogens with two attached hydrogens (primary N) is 1. The highest BCUT2D eigenvalue weighted by Crippen LogP contribution is 2.27. The average molecular weight is 178 g/mol. The van der Waals surface area contributed by atoms with Crippen LogP contribution in [0.4, 0.5) is 19.0 Å². The van der Waals surface area contributed by atoms with Gasteiger partial charge in [0.1, 0.15) is 17.8 Å². The van der Waals surface area contributed by atoms with E-state index in [0.29, 0.717) is 0 Å². The van der Waals surface area contributed by atoms with Crippen LogP contribution in [0, 0.1) is 0 Å². The number of nitrogens with zero attached hydrogens (tertiary/aromatic N) is 2. The number of hydrogen-bond acceptors (Lipinski definition) is 4. The summed E-state index contributed by atoms with van der Waals surface area (Å²) >= 11 is 0. The molecular weight excluding hydrogens is 173 g/mol. The number of anilines is 1. The van der Waals surface area contributed by atoms with Gasteiger partial charge in [0.2, 0.25) is 0 Å². The topological polar surface area (TPSA) is 63.8 Å². The number of nitrogens with one attached hydrogen (secondary N) is 1. The monoisotopic (exact) mass is 178 g/mol. The van der Waals surface area contributed by atoms with Gasteiger partial charge in [-0.2, -0.15) is 13.2 Å². The normalized spacial score (nSPS) is 11.3. The number of hydrogen-bond donors (Lipinski definition) is 2. The molecule has 0 aromatic carbocycles. The lowest BCUT2D eigenvalue weighted by Crippen LogP contribution is -2.13. The van der Waals surface area contributed by atoms with Gasteiger partial charge in [-0.25, -0.2) is 15.8 Å². The van der Waals surface area contributed by atoms with Gasteiger partial charge in [0, 0.05) is 6.07 Å². The van der Waals surface area contributed by atoms with E-state index in [1.807, 2.05) is 5.43 Å². The second-order valence-electron chi connectivity index (χ2n) is 1.93. The van der Waals surface area contributed by atoms with Crippen molar-refractivity contribution in [2.45, 2.75) is 6.18 Å². The van der Waals surface area contributed by atoms with Gasteiger partial charge in [-0.15, -0.1) is 0 Å². The Morgan fingerprint density at radius 2 is 2.00 bits per heavy atom. The maximum Gasteiger partial charge on any atom is 0.433 e. The Hall–Kier alpha value is -1.37. The molecule has 0 fully saturated rings. The molecule has 1 aromatic heterocycles. The lowest BCUT2D eigenvalue weighted by atomic mass is 10.4. The number of hydrazine groups is 1. The van der Waals surface area contributed by atoms with Crippen LogP contribution in [0.5, 0.6) is 0 Å². The van der Waals surface area contributed by atoms with Crippen molar-refractivity contribution in [3.63, 3.8) is 0 Å². The molecule has 1 rings (SSSR count). The number of rotatable bonds is 1. The van der Waals surface area contributed by atoms with Crippen molar-refractivity contribution in [3.8, 4) is 0 Å². The Balaban J connectivity index is 3.02. The van der Waals surface area contributed by atoms with Gasteiger partial charge in [0.15, 0.2) is 0 Å². The van der Waals surface area contributed by atoms with Crippen LogP contribution in [-0.2, 0) is 6.18 Å². The first-order valence-corrected chi connectivity index (χ1v) is 2.90. The van der Waals surface area contributed by atoms with E-state index < -0.39 is 11.9 Å². The van der Waals surface area contributed by atoms with E-state index in [1.165, 1.54) is 0 Å². The molecule has 0 saturated heterocycles. The molecule has 66 valence electrons. The summed E-state index contributed by atoms with van der Waals surface area (Å²) in [7, 11) is 0. The molecular formula is C5H5F3N4. The molecule has 0 bridgehead atoms. The highest BCUT2D eigenvalue weighted by atomic mass is 19.4. The van der Waals surface area contributed by atoms with Crippen molar-refractivity contribution in [2.24, 2.45) is 5.84 Å². The van der Waals surface area contributed by atoms with Crippen LogP contribution in [0.15, 0.2) is 12.4 Å². The fourth-order valence-corrected chi connectivity index (χ4v) is 0.591. The number of alkyl halides is 3. The molecule has 1 aromatic rings. The Morgan fingerprint density at radius 1 is 1.33 bits per heavy atom. The average Bonchev–Trinajstić information content (AvgIpc) is 2.03. The van der Waals surface area contributed by atoms with E-state index in [-0.39, 0.29) is 5.82 Å². The fourth-order valence-electron chi connectivity index (χ4n) is 0.591. The number of aromatic nitrogens is 2. The summed E-state index contributed by atoms with van der Waals surface area (Å²) in [4.78, 5) is 6.45. The van der Waals surface area contributed by atoms with Crippen molar-refractivity contribution >= 4 is 5.82 Å². The van der Waals surface area contributed by atoms with E-state index in [1.54, 1.807) is 0 Å². The molecule has 0 spiro atoms. The van der Waals surface area contributed by atoms with Gasteiger partial charge < -0.3 is 5.43 Å². The molecule has 0 unspecified atom stereocenters. The molecule has 0 aliphatic heterocycles. The molecule has 12 heavy (non-hydrogen) atoms. The van der Waals surface area contributed by atoms with Crippen molar-refractivity contribution in [1.29, 1.82) is 0 Å². The maximum atomic E-state index is 11.9. The molecule has 0 atom stereocenters. The number of halogens is 3. The SMILES string of the molecule is NNc1cc(C(F)(F)F)ncn1. The minimum absolute atomic E-state index is 0.0719. The molecule has 1 heterocycles. The largest absolute Gasteiger partial charge is 0.433 e. The zero-order valence-electron chi connectivity index (χ0n) is 5.76. The van der Waals surface area contributed by atoms with E-state index in [4.69, 9.17) is 5.84 Å². The third-order valence-electron chi connectivity index (χ3n) is 1.11. The summed E-state index contributed by atoms with van der Waals surface area (Å²) in [5, 5.41) is 0. The summed E-state index contributed by atoms with van der Waals surface area (Å²) in [5.41, 5.74) is 0.966. The summed E-state index contributed by atoms with van der Waals surface area (Å²) < 4.78 is 35.8. The third kappa shape index (κ3) is 1.82. The molecule has 0 saturated carbocycles. The minimum Gasteiger partial charge on any atom is -0.308 e. The Kier molecular flexibility index (Phi) is 2.13. The smallest absolute Gasteiger partial charge is 0.308 e. The quantitative estimate of drug-likeness (QED) is 0.492. The van der Waals surface area contributed by atoms with Crippen molar-refractivity contribution in [2.75, 3.05) is 5.43 Å². The van der Waals surface area contributed by atoms with Crippen molar-refractivity contribution in [3.05, 3.63) is 18.1 Å². The highest BCUT2D eigenvalue weighted by molar-refractivity contribution is 5.33. The van der Waals surface area contributed by atoms with Crippen molar-refractivity contribution in [1.82, 2.24) is 9.97 Å². The second-order valence-corrected chi connectivity index (χ2v) is 1.93. The van der Waals surface area contributed by atoms with Gasteiger partial charge in [-0.1, -0.05) is 0 Å². The maximum absolute atomic E-state index is 11.9. The summed E-state index contributed by atoms with van der Waals surface area (Å²) in [6.07, 6.45) is -3.67. The Labute approximate surface area is 65.6 Å². The van der Waals surface area contributed by atoms with Gasteiger partial charge in [-0.3, -0.25) is 0 Å². The second kappa shape index (κ2) is 2.94. The molecule has 3 N–H and O–H groups in total. The highest BCUT2D eigenvalue weighted by Gasteiger charge is 2.32. The van der Waals surface area contributed by atoms with Crippen LogP contribution in [-0.4, -0.2) is 9.97 Å². The van der Waals surface area contributed by atoms with Gasteiger partial charge in [0.25, 0.3) is 0 Å². The Bertz CT molecular complexity index is 272. The third-order valence-corrected chi connectivity index (χ3v) is 1.11. The molecule has 7 heteroatoms. The lowest BCUT2D eigenvalue weighted by molar-refractivity contribution is -0.141. The van der Waals surface area contributed by atoms with Gasteiger partial charge in [-0.05, 0) is 0 Å². The molecule has 0 amide bonds. The first-order chi connectivity index (χ1) is 5.54. The summed E-state index contributed by atoms with van der Waals surface area (Å²) in [6, 6.07) is 0.722. The van der Waals surface area contributed by atoms with Crippen LogP contribution < -0.4 is 11.3 Å². The zero-order valence-corrected chi connectivity index (χ0v) is 5.76. The predicted molar refractivity (Wildman–Crippen MR) is 34.8 cm³/mol. The molecule has 4 nitrogen and oxygen atoms in total. The molecule has 0 aliphatic carbocycles. The van der Waals surface area contributed by atoms with Gasteiger partial charge in [0.05, 0.1) is 0 Å². The summed E-state index contributed by atoms with van der Waals surface area (Å²) in [6.45, 7) is 0. The Morgan fingerprint density at radius 3 is 2.50 bits per heavy atom. The minimum atomic E-state index is -4.46. The zero-order chi connectivity index (χ0) is 9.19. The van der Waals surface area contributed by atoms with Gasteiger partial charge >= 0.3 is 6.18 Å². The van der Waals surface area contributed by atoms with Crippen molar-refractivity contribution < 1.29 is 13.2 Å². The fraction of sp³-hybridized carbons (Fsp3) is 0.200. The van der Waals surface area contributed by atoms with E-state index >= 15 is 0 Å². The standard InChI is InChI=1S/C5H5F3N4/c6-5(7,8)3-1-4(12-9)11-2-10-3/h1-2H,9H2,(H,10,11,12). The number of nitrogen functional groups attached to an aromatic ring is 1. The van der Waals surface area contributed by atoms with Crippen LogP contribution in [0.25, 0.3) is 0 Å². The van der Waals surface area contributed by atoms with E-state index in [9.17, 15) is 13.2 Å². The van der Waals surface area contributed by atoms with Crippen LogP contribution in [0.1, 0.15) is 5.69 Å².